The molecular formula is C18H22N2O5S. The summed E-state index contributed by atoms with van der Waals surface area (Å²) in [5, 5.41) is 18.3. The molecule has 2 aliphatic carbocycles. The van der Waals surface area contributed by atoms with Gasteiger partial charge in [0.1, 0.15) is 17.2 Å². The zero-order valence-electron chi connectivity index (χ0n) is 14.8. The molecule has 0 bridgehead atoms. The lowest BCUT2D eigenvalue weighted by Gasteiger charge is -2.23. The lowest BCUT2D eigenvalue weighted by Crippen LogP contribution is -2.21. The second-order valence-electron chi connectivity index (χ2n) is 6.53. The first-order valence-electron chi connectivity index (χ1n) is 8.69. The van der Waals surface area contributed by atoms with E-state index in [1.807, 2.05) is 0 Å². The molecular weight excluding hydrogens is 356 g/mol. The standard InChI is InChI=1S/C18H22N2O5S/c1-3-26(23,24)11-8-9-15(25-2)14(10-11)19-20-16-17(21)12-6-4-5-7-13(12)18(16)22/h8-10,12-13,21H,3-7H2,1-2H3. The molecule has 1 aromatic carbocycles. The number of aliphatic hydroxyl groups is 1. The number of carbonyl (C=O) groups excluding carboxylic acids is 1. The lowest BCUT2D eigenvalue weighted by molar-refractivity contribution is -0.120. The zero-order valence-corrected chi connectivity index (χ0v) is 15.6. The van der Waals surface area contributed by atoms with Crippen LogP contribution in [0.1, 0.15) is 32.6 Å². The first kappa shape index (κ1) is 18.6. The van der Waals surface area contributed by atoms with E-state index in [2.05, 4.69) is 10.2 Å². The number of sulfone groups is 1. The number of aliphatic hydroxyl groups excluding tert-OH is 1. The van der Waals surface area contributed by atoms with Gasteiger partial charge in [-0.3, -0.25) is 4.79 Å². The molecule has 0 aliphatic heterocycles. The number of hydrogen-bond donors (Lipinski definition) is 1. The second-order valence-corrected chi connectivity index (χ2v) is 8.81. The number of ketones is 1. The molecule has 140 valence electrons. The number of ether oxygens (including phenoxy) is 1. The van der Waals surface area contributed by atoms with Gasteiger partial charge in [0.2, 0.25) is 0 Å². The lowest BCUT2D eigenvalue weighted by atomic mass is 9.80. The Hall–Kier alpha value is -2.22. The van der Waals surface area contributed by atoms with E-state index in [1.165, 1.54) is 25.3 Å². The van der Waals surface area contributed by atoms with Crippen LogP contribution in [0, 0.1) is 11.8 Å². The van der Waals surface area contributed by atoms with E-state index in [4.69, 9.17) is 4.74 Å². The number of nitrogens with zero attached hydrogens (tertiary/aromatic N) is 2. The van der Waals surface area contributed by atoms with E-state index < -0.39 is 9.84 Å². The summed E-state index contributed by atoms with van der Waals surface area (Å²) in [6, 6.07) is 4.31. The molecule has 0 radical (unpaired) electrons. The molecule has 2 atom stereocenters. The molecule has 26 heavy (non-hydrogen) atoms. The molecule has 1 fully saturated rings. The molecule has 2 unspecified atom stereocenters. The summed E-state index contributed by atoms with van der Waals surface area (Å²) in [5.41, 5.74) is 0.178. The largest absolute Gasteiger partial charge is 0.510 e. The Balaban J connectivity index is 1.96. The van der Waals surface area contributed by atoms with Crippen molar-refractivity contribution < 1.29 is 23.1 Å². The Morgan fingerprint density at radius 3 is 2.50 bits per heavy atom. The van der Waals surface area contributed by atoms with Crippen molar-refractivity contribution in [3.05, 3.63) is 29.7 Å². The molecule has 0 saturated heterocycles. The third-order valence-electron chi connectivity index (χ3n) is 5.08. The zero-order chi connectivity index (χ0) is 18.9. The van der Waals surface area contributed by atoms with Gasteiger partial charge in [-0.25, -0.2) is 8.42 Å². The highest BCUT2D eigenvalue weighted by Crippen LogP contribution is 2.43. The molecule has 1 aromatic rings. The van der Waals surface area contributed by atoms with Crippen LogP contribution in [0.2, 0.25) is 0 Å². The van der Waals surface area contributed by atoms with Crippen LogP contribution in [-0.2, 0) is 14.6 Å². The van der Waals surface area contributed by atoms with Crippen molar-refractivity contribution in [2.24, 2.45) is 22.1 Å². The molecule has 2 aliphatic rings. The van der Waals surface area contributed by atoms with Gasteiger partial charge in [-0.2, -0.15) is 0 Å². The van der Waals surface area contributed by atoms with Crippen LogP contribution < -0.4 is 4.74 Å². The average Bonchev–Trinajstić information content (AvgIpc) is 2.90. The van der Waals surface area contributed by atoms with Crippen LogP contribution in [0.15, 0.2) is 44.8 Å². The van der Waals surface area contributed by atoms with E-state index in [0.29, 0.717) is 5.75 Å². The van der Waals surface area contributed by atoms with Crippen molar-refractivity contribution in [3.63, 3.8) is 0 Å². The maximum Gasteiger partial charge on any atom is 0.190 e. The van der Waals surface area contributed by atoms with Crippen LogP contribution in [-0.4, -0.2) is 32.2 Å². The SMILES string of the molecule is CCS(=O)(=O)c1ccc(OC)c(N=NC2=C(O)C3CCCCC3C2=O)c1. The number of carbonyl (C=O) groups is 1. The van der Waals surface area contributed by atoms with Crippen LogP contribution >= 0.6 is 0 Å². The van der Waals surface area contributed by atoms with E-state index in [0.717, 1.165) is 25.7 Å². The number of benzene rings is 1. The summed E-state index contributed by atoms with van der Waals surface area (Å²) < 4.78 is 29.3. The Kier molecular flexibility index (Phi) is 5.13. The number of fused-ring (bicyclic) bond motifs is 1. The van der Waals surface area contributed by atoms with Crippen LogP contribution in [0.3, 0.4) is 0 Å². The first-order valence-corrected chi connectivity index (χ1v) is 10.3. The maximum absolute atomic E-state index is 12.5. The molecule has 0 heterocycles. The third-order valence-corrected chi connectivity index (χ3v) is 6.81. The molecule has 0 amide bonds. The van der Waals surface area contributed by atoms with Crippen LogP contribution in [0.4, 0.5) is 5.69 Å². The highest BCUT2D eigenvalue weighted by Gasteiger charge is 2.43. The van der Waals surface area contributed by atoms with Crippen molar-refractivity contribution >= 4 is 21.3 Å². The number of methoxy groups -OCH3 is 1. The van der Waals surface area contributed by atoms with E-state index in [9.17, 15) is 18.3 Å². The predicted octanol–water partition coefficient (Wildman–Crippen LogP) is 3.73. The minimum Gasteiger partial charge on any atom is -0.510 e. The molecule has 8 heteroatoms. The monoisotopic (exact) mass is 378 g/mol. The van der Waals surface area contributed by atoms with Gasteiger partial charge in [-0.15, -0.1) is 10.2 Å². The number of rotatable bonds is 5. The third kappa shape index (κ3) is 3.25. The quantitative estimate of drug-likeness (QED) is 0.786. The van der Waals surface area contributed by atoms with Crippen molar-refractivity contribution in [2.45, 2.75) is 37.5 Å². The first-order chi connectivity index (χ1) is 12.4. The molecule has 7 nitrogen and oxygen atoms in total. The molecule has 1 saturated carbocycles. The second kappa shape index (κ2) is 7.19. The van der Waals surface area contributed by atoms with Gasteiger partial charge in [0.05, 0.1) is 17.8 Å². The number of hydrogen-bond acceptors (Lipinski definition) is 7. The van der Waals surface area contributed by atoms with Gasteiger partial charge in [-0.1, -0.05) is 19.8 Å². The Bertz CT molecular complexity index is 889. The minimum atomic E-state index is -3.41. The van der Waals surface area contributed by atoms with Gasteiger partial charge in [0, 0.05) is 11.8 Å². The Morgan fingerprint density at radius 2 is 1.88 bits per heavy atom. The Morgan fingerprint density at radius 1 is 1.19 bits per heavy atom. The molecule has 3 rings (SSSR count). The summed E-state index contributed by atoms with van der Waals surface area (Å²) in [6.07, 6.45) is 3.47. The number of Topliss-reactive ketones (excluding diaryl/α,β-unsaturated/α-hetero) is 1. The molecule has 1 N–H and O–H groups in total. The van der Waals surface area contributed by atoms with Crippen molar-refractivity contribution in [1.82, 2.24) is 0 Å². The highest BCUT2D eigenvalue weighted by atomic mass is 32.2. The molecule has 0 aromatic heterocycles. The summed E-state index contributed by atoms with van der Waals surface area (Å²) in [6.45, 7) is 1.56. The minimum absolute atomic E-state index is 0.000230. The number of allylic oxidation sites excluding steroid dienone is 2. The average molecular weight is 378 g/mol. The summed E-state index contributed by atoms with van der Waals surface area (Å²) in [4.78, 5) is 12.6. The Labute approximate surface area is 152 Å². The topological polar surface area (TPSA) is 105 Å². The highest BCUT2D eigenvalue weighted by molar-refractivity contribution is 7.91. The van der Waals surface area contributed by atoms with Crippen molar-refractivity contribution in [1.29, 1.82) is 0 Å². The van der Waals surface area contributed by atoms with Gasteiger partial charge in [0.25, 0.3) is 0 Å². The van der Waals surface area contributed by atoms with Gasteiger partial charge >= 0.3 is 0 Å². The fraction of sp³-hybridized carbons (Fsp3) is 0.500. The van der Waals surface area contributed by atoms with Crippen LogP contribution in [0.5, 0.6) is 5.75 Å². The summed E-state index contributed by atoms with van der Waals surface area (Å²) >= 11 is 0. The van der Waals surface area contributed by atoms with E-state index >= 15 is 0 Å². The van der Waals surface area contributed by atoms with Crippen molar-refractivity contribution in [3.8, 4) is 5.75 Å². The van der Waals surface area contributed by atoms with Gasteiger partial charge in [0.15, 0.2) is 21.3 Å². The maximum atomic E-state index is 12.5. The smallest absolute Gasteiger partial charge is 0.190 e. The fourth-order valence-electron chi connectivity index (χ4n) is 3.56. The molecule has 0 spiro atoms. The summed E-state index contributed by atoms with van der Waals surface area (Å²) in [5.74, 6) is -0.270. The van der Waals surface area contributed by atoms with Gasteiger partial charge < -0.3 is 9.84 Å². The summed E-state index contributed by atoms with van der Waals surface area (Å²) in [7, 11) is -1.97. The normalized spacial score (nSPS) is 23.5. The van der Waals surface area contributed by atoms with E-state index in [-0.39, 0.29) is 45.4 Å². The van der Waals surface area contributed by atoms with Crippen LogP contribution in [0.25, 0.3) is 0 Å². The van der Waals surface area contributed by atoms with Crippen molar-refractivity contribution in [2.75, 3.05) is 12.9 Å². The number of azo groups is 1. The van der Waals surface area contributed by atoms with E-state index in [1.54, 1.807) is 6.92 Å². The fourth-order valence-corrected chi connectivity index (χ4v) is 4.46. The predicted molar refractivity (Wildman–Crippen MR) is 95.3 cm³/mol. The van der Waals surface area contributed by atoms with Gasteiger partial charge in [-0.05, 0) is 31.0 Å².